The van der Waals surface area contributed by atoms with E-state index in [9.17, 15) is 4.79 Å². The number of hydrogen-bond acceptors (Lipinski definition) is 2. The summed E-state index contributed by atoms with van der Waals surface area (Å²) in [6.07, 6.45) is 6.69. The summed E-state index contributed by atoms with van der Waals surface area (Å²) in [5.74, 6) is 0.308. The fourth-order valence-electron chi connectivity index (χ4n) is 3.40. The molecule has 1 unspecified atom stereocenters. The van der Waals surface area contributed by atoms with Crippen molar-refractivity contribution in [2.75, 3.05) is 13.2 Å². The fourth-order valence-corrected chi connectivity index (χ4v) is 3.40. The van der Waals surface area contributed by atoms with E-state index in [2.05, 4.69) is 30.4 Å². The molecule has 0 saturated carbocycles. The van der Waals surface area contributed by atoms with Crippen LogP contribution in [0, 0.1) is 5.92 Å². The number of fused-ring (bicyclic) bond motifs is 1. The van der Waals surface area contributed by atoms with Crippen LogP contribution in [0.1, 0.15) is 55.3 Å². The topological polar surface area (TPSA) is 38.3 Å². The molecular formula is C18H25NO2. The second-order valence-electron chi connectivity index (χ2n) is 6.35. The molecule has 0 aromatic heterocycles. The minimum Gasteiger partial charge on any atom is -0.381 e. The molecule has 1 aromatic carbocycles. The molecule has 3 rings (SSSR count). The Morgan fingerprint density at radius 2 is 1.90 bits per heavy atom. The predicted molar refractivity (Wildman–Crippen MR) is 83.2 cm³/mol. The molecule has 2 aliphatic rings. The van der Waals surface area contributed by atoms with Crippen molar-refractivity contribution >= 4 is 5.91 Å². The Hall–Kier alpha value is -1.35. The molecule has 1 N–H and O–H groups in total. The summed E-state index contributed by atoms with van der Waals surface area (Å²) in [4.78, 5) is 12.3. The van der Waals surface area contributed by atoms with E-state index in [-0.39, 0.29) is 17.9 Å². The maximum Gasteiger partial charge on any atom is 0.223 e. The van der Waals surface area contributed by atoms with Crippen LogP contribution in [0.3, 0.4) is 0 Å². The van der Waals surface area contributed by atoms with Gasteiger partial charge in [-0.25, -0.2) is 0 Å². The van der Waals surface area contributed by atoms with Gasteiger partial charge >= 0.3 is 0 Å². The van der Waals surface area contributed by atoms with Crippen LogP contribution in [0.15, 0.2) is 18.2 Å². The van der Waals surface area contributed by atoms with Crippen LogP contribution in [0.4, 0.5) is 0 Å². The molecule has 3 nitrogen and oxygen atoms in total. The van der Waals surface area contributed by atoms with Gasteiger partial charge in [-0.15, -0.1) is 0 Å². The molecule has 1 aromatic rings. The number of carbonyl (C=O) groups excluding carboxylic acids is 1. The zero-order chi connectivity index (χ0) is 14.7. The third-order valence-corrected chi connectivity index (χ3v) is 4.82. The van der Waals surface area contributed by atoms with Gasteiger partial charge in [0.1, 0.15) is 0 Å². The van der Waals surface area contributed by atoms with Crippen molar-refractivity contribution in [2.45, 2.75) is 51.5 Å². The maximum atomic E-state index is 12.3. The molecule has 1 saturated heterocycles. The zero-order valence-electron chi connectivity index (χ0n) is 12.9. The van der Waals surface area contributed by atoms with E-state index in [1.165, 1.54) is 42.4 Å². The van der Waals surface area contributed by atoms with E-state index < -0.39 is 0 Å². The Bertz CT molecular complexity index is 506. The average Bonchev–Trinajstić information content (AvgIpc) is 2.55. The van der Waals surface area contributed by atoms with Gasteiger partial charge in [-0.3, -0.25) is 4.79 Å². The van der Waals surface area contributed by atoms with Crippen LogP contribution in [0.2, 0.25) is 0 Å². The van der Waals surface area contributed by atoms with Gasteiger partial charge in [0, 0.05) is 19.1 Å². The van der Waals surface area contributed by atoms with Crippen LogP contribution in [-0.2, 0) is 22.4 Å². The Morgan fingerprint density at radius 3 is 2.67 bits per heavy atom. The average molecular weight is 287 g/mol. The van der Waals surface area contributed by atoms with Gasteiger partial charge in [0.15, 0.2) is 0 Å². The fraction of sp³-hybridized carbons (Fsp3) is 0.611. The lowest BCUT2D eigenvalue weighted by atomic mass is 9.89. The lowest BCUT2D eigenvalue weighted by Crippen LogP contribution is -2.35. The van der Waals surface area contributed by atoms with E-state index in [1.807, 2.05) is 0 Å². The van der Waals surface area contributed by atoms with Gasteiger partial charge in [0.05, 0.1) is 6.04 Å². The molecule has 0 spiro atoms. The molecule has 1 fully saturated rings. The molecule has 114 valence electrons. The quantitative estimate of drug-likeness (QED) is 0.927. The van der Waals surface area contributed by atoms with Gasteiger partial charge < -0.3 is 10.1 Å². The van der Waals surface area contributed by atoms with Crippen molar-refractivity contribution in [1.82, 2.24) is 5.32 Å². The second kappa shape index (κ2) is 6.61. The minimum absolute atomic E-state index is 0.0903. The van der Waals surface area contributed by atoms with Crippen LogP contribution in [-0.4, -0.2) is 19.1 Å². The number of ether oxygens (including phenoxy) is 1. The number of nitrogens with one attached hydrogen (secondary N) is 1. The molecule has 1 amide bonds. The van der Waals surface area contributed by atoms with Crippen LogP contribution in [0.5, 0.6) is 0 Å². The highest BCUT2D eigenvalue weighted by atomic mass is 16.5. The minimum atomic E-state index is 0.0903. The molecule has 3 heteroatoms. The van der Waals surface area contributed by atoms with Gasteiger partial charge in [-0.05, 0) is 62.1 Å². The first kappa shape index (κ1) is 14.6. The summed E-state index contributed by atoms with van der Waals surface area (Å²) < 4.78 is 5.32. The van der Waals surface area contributed by atoms with E-state index in [0.717, 1.165) is 12.8 Å². The summed E-state index contributed by atoms with van der Waals surface area (Å²) in [6, 6.07) is 6.82. The van der Waals surface area contributed by atoms with Crippen molar-refractivity contribution in [3.8, 4) is 0 Å². The van der Waals surface area contributed by atoms with E-state index in [4.69, 9.17) is 4.74 Å². The highest BCUT2D eigenvalue weighted by molar-refractivity contribution is 5.79. The van der Waals surface area contributed by atoms with E-state index >= 15 is 0 Å². The summed E-state index contributed by atoms with van der Waals surface area (Å²) >= 11 is 0. The van der Waals surface area contributed by atoms with E-state index in [0.29, 0.717) is 13.2 Å². The first-order chi connectivity index (χ1) is 10.2. The second-order valence-corrected chi connectivity index (χ2v) is 6.35. The summed E-state index contributed by atoms with van der Waals surface area (Å²) in [6.45, 7) is 3.51. The standard InChI is InChI=1S/C18H25NO2/c1-13(19-18(20)15-8-10-21-11-9-15)16-7-6-14-4-2-3-5-17(14)12-16/h6-7,12-13,15H,2-5,8-11H2,1H3,(H,19,20). The van der Waals surface area contributed by atoms with Gasteiger partial charge in [-0.2, -0.15) is 0 Å². The Kier molecular flexibility index (Phi) is 4.59. The molecule has 1 aliphatic heterocycles. The van der Waals surface area contributed by atoms with E-state index in [1.54, 1.807) is 0 Å². The molecule has 21 heavy (non-hydrogen) atoms. The summed E-state index contributed by atoms with van der Waals surface area (Å²) in [7, 11) is 0. The molecule has 1 aliphatic carbocycles. The highest BCUT2D eigenvalue weighted by Crippen LogP contribution is 2.25. The van der Waals surface area contributed by atoms with Gasteiger partial charge in [0.2, 0.25) is 5.91 Å². The SMILES string of the molecule is CC(NC(=O)C1CCOCC1)c1ccc2c(c1)CCCC2. The number of benzene rings is 1. The number of hydrogen-bond donors (Lipinski definition) is 1. The zero-order valence-corrected chi connectivity index (χ0v) is 12.9. The number of rotatable bonds is 3. The predicted octanol–water partition coefficient (Wildman–Crippen LogP) is 3.17. The van der Waals surface area contributed by atoms with Crippen molar-refractivity contribution in [2.24, 2.45) is 5.92 Å². The van der Waals surface area contributed by atoms with Crippen LogP contribution < -0.4 is 5.32 Å². The number of carbonyl (C=O) groups is 1. The van der Waals surface area contributed by atoms with Crippen molar-refractivity contribution in [3.05, 3.63) is 34.9 Å². The first-order valence-electron chi connectivity index (χ1n) is 8.24. The van der Waals surface area contributed by atoms with Gasteiger partial charge in [-0.1, -0.05) is 18.2 Å². The third-order valence-electron chi connectivity index (χ3n) is 4.82. The maximum absolute atomic E-state index is 12.3. The first-order valence-corrected chi connectivity index (χ1v) is 8.24. The lowest BCUT2D eigenvalue weighted by Gasteiger charge is -2.24. The molecule has 1 atom stereocenters. The number of aryl methyl sites for hydroxylation is 2. The Labute approximate surface area is 127 Å². The van der Waals surface area contributed by atoms with Gasteiger partial charge in [0.25, 0.3) is 0 Å². The Balaban J connectivity index is 1.64. The van der Waals surface area contributed by atoms with Crippen LogP contribution in [0.25, 0.3) is 0 Å². The molecular weight excluding hydrogens is 262 g/mol. The van der Waals surface area contributed by atoms with Crippen LogP contribution >= 0.6 is 0 Å². The van der Waals surface area contributed by atoms with Crippen molar-refractivity contribution in [1.29, 1.82) is 0 Å². The Morgan fingerprint density at radius 1 is 1.19 bits per heavy atom. The third kappa shape index (κ3) is 3.46. The normalized spacial score (nSPS) is 20.6. The molecule has 0 radical (unpaired) electrons. The smallest absolute Gasteiger partial charge is 0.223 e. The molecule has 0 bridgehead atoms. The highest BCUT2D eigenvalue weighted by Gasteiger charge is 2.23. The lowest BCUT2D eigenvalue weighted by molar-refractivity contribution is -0.128. The number of amides is 1. The van der Waals surface area contributed by atoms with Crippen molar-refractivity contribution in [3.63, 3.8) is 0 Å². The largest absolute Gasteiger partial charge is 0.381 e. The summed E-state index contributed by atoms with van der Waals surface area (Å²) in [5.41, 5.74) is 4.20. The molecule has 1 heterocycles. The van der Waals surface area contributed by atoms with Crippen molar-refractivity contribution < 1.29 is 9.53 Å². The summed E-state index contributed by atoms with van der Waals surface area (Å²) in [5, 5.41) is 3.18. The monoisotopic (exact) mass is 287 g/mol.